The molecule has 0 amide bonds. The summed E-state index contributed by atoms with van der Waals surface area (Å²) < 4.78 is 19.9. The third-order valence-electron chi connectivity index (χ3n) is 3.91. The number of hydrogen-bond acceptors (Lipinski definition) is 5. The van der Waals surface area contributed by atoms with E-state index >= 15 is 0 Å². The van der Waals surface area contributed by atoms with Gasteiger partial charge in [0.1, 0.15) is 11.6 Å². The summed E-state index contributed by atoms with van der Waals surface area (Å²) in [6.07, 6.45) is 5.33. The maximum atomic E-state index is 13.0. The van der Waals surface area contributed by atoms with Gasteiger partial charge in [0.2, 0.25) is 4.96 Å². The van der Waals surface area contributed by atoms with E-state index in [9.17, 15) is 9.18 Å². The molecule has 0 aliphatic carbocycles. The molecule has 134 valence electrons. The molecule has 2 aromatic carbocycles. The van der Waals surface area contributed by atoms with Gasteiger partial charge in [0.15, 0.2) is 5.82 Å². The van der Waals surface area contributed by atoms with Crippen molar-refractivity contribution in [2.45, 2.75) is 0 Å². The lowest BCUT2D eigenvalue weighted by molar-refractivity contribution is 0.415. The van der Waals surface area contributed by atoms with Gasteiger partial charge in [-0.15, -0.1) is 5.10 Å². The van der Waals surface area contributed by atoms with Crippen LogP contribution in [0.2, 0.25) is 0 Å². The molecule has 0 saturated heterocycles. The van der Waals surface area contributed by atoms with E-state index < -0.39 is 0 Å². The SMILES string of the molecule is COc1ccc(/C=C/c2nc3s/c(=C/c4ccc(F)cc4)c(=O)n3n2)cc1. The number of aromatic nitrogens is 3. The number of ether oxygens (including phenoxy) is 1. The summed E-state index contributed by atoms with van der Waals surface area (Å²) in [5.74, 6) is 0.932. The van der Waals surface area contributed by atoms with E-state index in [4.69, 9.17) is 4.74 Å². The minimum Gasteiger partial charge on any atom is -0.497 e. The first kappa shape index (κ1) is 17.1. The van der Waals surface area contributed by atoms with Crippen LogP contribution in [0.25, 0.3) is 23.2 Å². The summed E-state index contributed by atoms with van der Waals surface area (Å²) in [4.78, 5) is 17.4. The summed E-state index contributed by atoms with van der Waals surface area (Å²) in [5.41, 5.74) is 1.48. The minimum atomic E-state index is -0.314. The zero-order valence-electron chi connectivity index (χ0n) is 14.3. The Kier molecular flexibility index (Phi) is 4.52. The Morgan fingerprint density at radius 2 is 1.74 bits per heavy atom. The summed E-state index contributed by atoms with van der Waals surface area (Å²) in [6.45, 7) is 0. The average molecular weight is 379 g/mol. The van der Waals surface area contributed by atoms with Crippen molar-refractivity contribution in [1.29, 1.82) is 0 Å². The second-order valence-electron chi connectivity index (χ2n) is 5.74. The monoisotopic (exact) mass is 379 g/mol. The summed E-state index contributed by atoms with van der Waals surface area (Å²) >= 11 is 1.25. The molecule has 0 saturated carbocycles. The smallest absolute Gasteiger partial charge is 0.291 e. The quantitative estimate of drug-likeness (QED) is 0.547. The molecule has 4 aromatic rings. The molecule has 2 heterocycles. The van der Waals surface area contributed by atoms with Crippen molar-refractivity contribution >= 4 is 34.5 Å². The van der Waals surface area contributed by atoms with Crippen molar-refractivity contribution in [3.05, 3.63) is 86.2 Å². The number of methoxy groups -OCH3 is 1. The fraction of sp³-hybridized carbons (Fsp3) is 0.0500. The second-order valence-corrected chi connectivity index (χ2v) is 6.75. The Morgan fingerprint density at radius 1 is 1.04 bits per heavy atom. The molecule has 0 atom stereocenters. The van der Waals surface area contributed by atoms with Crippen LogP contribution in [0.1, 0.15) is 17.0 Å². The number of rotatable bonds is 4. The fourth-order valence-corrected chi connectivity index (χ4v) is 3.43. The predicted octanol–water partition coefficient (Wildman–Crippen LogP) is 3.02. The zero-order valence-corrected chi connectivity index (χ0v) is 15.1. The van der Waals surface area contributed by atoms with Gasteiger partial charge in [0, 0.05) is 0 Å². The highest BCUT2D eigenvalue weighted by atomic mass is 32.1. The Hall–Kier alpha value is -3.32. The molecule has 5 nitrogen and oxygen atoms in total. The van der Waals surface area contributed by atoms with Gasteiger partial charge < -0.3 is 4.74 Å². The first-order valence-corrected chi connectivity index (χ1v) is 8.93. The highest BCUT2D eigenvalue weighted by molar-refractivity contribution is 7.15. The van der Waals surface area contributed by atoms with Crippen LogP contribution >= 0.6 is 11.3 Å². The molecule has 4 rings (SSSR count). The molecule has 0 spiro atoms. The van der Waals surface area contributed by atoms with E-state index in [2.05, 4.69) is 10.1 Å². The molecule has 0 aliphatic heterocycles. The minimum absolute atomic E-state index is 0.240. The van der Waals surface area contributed by atoms with Crippen LogP contribution in [0.3, 0.4) is 0 Å². The molecule has 0 bridgehead atoms. The fourth-order valence-electron chi connectivity index (χ4n) is 2.52. The van der Waals surface area contributed by atoms with Gasteiger partial charge in [0.05, 0.1) is 11.6 Å². The van der Waals surface area contributed by atoms with Crippen LogP contribution in [0.15, 0.2) is 53.3 Å². The van der Waals surface area contributed by atoms with Crippen molar-refractivity contribution in [3.8, 4) is 5.75 Å². The normalized spacial score (nSPS) is 12.3. The largest absolute Gasteiger partial charge is 0.497 e. The second kappa shape index (κ2) is 7.13. The third kappa shape index (κ3) is 3.63. The van der Waals surface area contributed by atoms with Crippen molar-refractivity contribution in [2.75, 3.05) is 7.11 Å². The van der Waals surface area contributed by atoms with Crippen molar-refractivity contribution < 1.29 is 9.13 Å². The molecule has 0 unspecified atom stereocenters. The van der Waals surface area contributed by atoms with Gasteiger partial charge in [-0.3, -0.25) is 4.79 Å². The van der Waals surface area contributed by atoms with Crippen LogP contribution in [0.4, 0.5) is 4.39 Å². The van der Waals surface area contributed by atoms with Gasteiger partial charge in [0.25, 0.3) is 5.56 Å². The van der Waals surface area contributed by atoms with E-state index in [0.29, 0.717) is 15.3 Å². The Balaban J connectivity index is 1.62. The lowest BCUT2D eigenvalue weighted by atomic mass is 10.2. The maximum Gasteiger partial charge on any atom is 0.291 e. The topological polar surface area (TPSA) is 56.5 Å². The van der Waals surface area contributed by atoms with E-state index in [1.165, 1.54) is 28.0 Å². The molecule has 27 heavy (non-hydrogen) atoms. The van der Waals surface area contributed by atoms with Crippen LogP contribution in [-0.4, -0.2) is 21.7 Å². The van der Waals surface area contributed by atoms with Gasteiger partial charge in [-0.2, -0.15) is 9.50 Å². The van der Waals surface area contributed by atoms with Gasteiger partial charge in [-0.25, -0.2) is 4.39 Å². The Labute approximate surface area is 157 Å². The first-order valence-electron chi connectivity index (χ1n) is 8.11. The molecule has 2 aromatic heterocycles. The molecule has 7 heteroatoms. The number of halogens is 1. The van der Waals surface area contributed by atoms with Crippen molar-refractivity contribution in [1.82, 2.24) is 14.6 Å². The van der Waals surface area contributed by atoms with Crippen LogP contribution in [0.5, 0.6) is 5.75 Å². The number of nitrogens with zero attached hydrogens (tertiary/aromatic N) is 3. The average Bonchev–Trinajstić information content (AvgIpc) is 3.21. The lowest BCUT2D eigenvalue weighted by Crippen LogP contribution is -2.23. The van der Waals surface area contributed by atoms with Gasteiger partial charge in [-0.05, 0) is 47.5 Å². The summed E-state index contributed by atoms with van der Waals surface area (Å²) in [6, 6.07) is 13.5. The zero-order chi connectivity index (χ0) is 18.8. The summed E-state index contributed by atoms with van der Waals surface area (Å²) in [7, 11) is 1.62. The number of benzene rings is 2. The highest BCUT2D eigenvalue weighted by Crippen LogP contribution is 2.13. The number of thiazole rings is 1. The predicted molar refractivity (Wildman–Crippen MR) is 104 cm³/mol. The van der Waals surface area contributed by atoms with E-state index in [1.807, 2.05) is 30.3 Å². The lowest BCUT2D eigenvalue weighted by Gasteiger charge is -1.98. The Bertz CT molecular complexity index is 1230. The van der Waals surface area contributed by atoms with Crippen LogP contribution < -0.4 is 14.8 Å². The maximum absolute atomic E-state index is 13.0. The van der Waals surface area contributed by atoms with Gasteiger partial charge >= 0.3 is 0 Å². The van der Waals surface area contributed by atoms with E-state index in [-0.39, 0.29) is 11.4 Å². The van der Waals surface area contributed by atoms with Crippen molar-refractivity contribution in [2.24, 2.45) is 0 Å². The van der Waals surface area contributed by atoms with Crippen molar-refractivity contribution in [3.63, 3.8) is 0 Å². The summed E-state index contributed by atoms with van der Waals surface area (Å²) in [5, 5.41) is 4.25. The number of fused-ring (bicyclic) bond motifs is 1. The molecule has 0 N–H and O–H groups in total. The standard InChI is InChI=1S/C20H14FN3O2S/c1-26-16-9-4-13(5-10-16)6-11-18-22-20-24(23-18)19(25)17(27-20)12-14-2-7-15(21)8-3-14/h2-12H,1H3/b11-6+,17-12+. The van der Waals surface area contributed by atoms with Crippen LogP contribution in [-0.2, 0) is 0 Å². The molecular formula is C20H14FN3O2S. The highest BCUT2D eigenvalue weighted by Gasteiger charge is 2.08. The molecule has 0 aliphatic rings. The van der Waals surface area contributed by atoms with Crippen LogP contribution in [0, 0.1) is 5.82 Å². The van der Waals surface area contributed by atoms with E-state index in [1.54, 1.807) is 31.4 Å². The Morgan fingerprint density at radius 3 is 2.41 bits per heavy atom. The first-order chi connectivity index (χ1) is 13.1. The molecular weight excluding hydrogens is 365 g/mol. The molecule has 0 fully saturated rings. The molecule has 0 radical (unpaired) electrons. The number of hydrogen-bond donors (Lipinski definition) is 0. The van der Waals surface area contributed by atoms with Gasteiger partial charge in [-0.1, -0.05) is 41.7 Å². The van der Waals surface area contributed by atoms with E-state index in [0.717, 1.165) is 16.9 Å². The third-order valence-corrected chi connectivity index (χ3v) is 4.87.